The van der Waals surface area contributed by atoms with E-state index < -0.39 is 8.32 Å². The maximum absolute atomic E-state index is 14.5. The SMILES string of the molecule is Cc1c(Nc2ccc(O[Si](C)(C)C(C)(C)C)cc2F)cc(C#N)n1C. The largest absolute Gasteiger partial charge is 0.543 e. The highest BCUT2D eigenvalue weighted by atomic mass is 28.4. The van der Waals surface area contributed by atoms with E-state index in [1.54, 1.807) is 22.8 Å². The summed E-state index contributed by atoms with van der Waals surface area (Å²) >= 11 is 0. The van der Waals surface area contributed by atoms with Crippen LogP contribution in [0.15, 0.2) is 24.3 Å². The van der Waals surface area contributed by atoms with E-state index in [1.807, 2.05) is 14.0 Å². The lowest BCUT2D eigenvalue weighted by molar-refractivity contribution is 0.487. The molecule has 0 saturated heterocycles. The molecule has 0 spiro atoms. The van der Waals surface area contributed by atoms with Gasteiger partial charge in [0.15, 0.2) is 0 Å². The van der Waals surface area contributed by atoms with Gasteiger partial charge in [-0.15, -0.1) is 0 Å². The summed E-state index contributed by atoms with van der Waals surface area (Å²) in [5.41, 5.74) is 2.48. The van der Waals surface area contributed by atoms with Crippen LogP contribution >= 0.6 is 0 Å². The van der Waals surface area contributed by atoms with Crippen LogP contribution in [-0.4, -0.2) is 12.9 Å². The fourth-order valence-corrected chi connectivity index (χ4v) is 3.21. The molecule has 0 amide bonds. The van der Waals surface area contributed by atoms with Crippen molar-refractivity contribution in [3.63, 3.8) is 0 Å². The average Bonchev–Trinajstić information content (AvgIpc) is 2.76. The summed E-state index contributed by atoms with van der Waals surface area (Å²) in [6, 6.07) is 8.72. The predicted octanol–water partition coefficient (Wildman–Crippen LogP) is 5.47. The number of nitrogens with zero attached hydrogens (tertiary/aromatic N) is 2. The second-order valence-electron chi connectivity index (χ2n) is 7.83. The van der Waals surface area contributed by atoms with Crippen LogP contribution in [0, 0.1) is 24.1 Å². The highest BCUT2D eigenvalue weighted by Gasteiger charge is 2.39. The van der Waals surface area contributed by atoms with E-state index >= 15 is 0 Å². The number of halogens is 1. The Morgan fingerprint density at radius 3 is 2.32 bits per heavy atom. The van der Waals surface area contributed by atoms with Crippen LogP contribution in [0.3, 0.4) is 0 Å². The summed E-state index contributed by atoms with van der Waals surface area (Å²) in [4.78, 5) is 0. The molecule has 2 rings (SSSR count). The predicted molar refractivity (Wildman–Crippen MR) is 102 cm³/mol. The smallest absolute Gasteiger partial charge is 0.250 e. The molecule has 1 aromatic carbocycles. The molecule has 6 heteroatoms. The molecular formula is C19H26FN3OSi. The molecule has 2 aromatic rings. The summed E-state index contributed by atoms with van der Waals surface area (Å²) < 4.78 is 22.4. The van der Waals surface area contributed by atoms with Crippen LogP contribution in [0.1, 0.15) is 32.2 Å². The second kappa shape index (κ2) is 6.56. The van der Waals surface area contributed by atoms with Crippen molar-refractivity contribution in [1.82, 2.24) is 4.57 Å². The summed E-state index contributed by atoms with van der Waals surface area (Å²) in [5, 5.41) is 12.2. The number of hydrogen-bond acceptors (Lipinski definition) is 3. The lowest BCUT2D eigenvalue weighted by atomic mass is 10.2. The Kier molecular flexibility index (Phi) is 5.01. The molecule has 0 unspecified atom stereocenters. The number of hydrogen-bond donors (Lipinski definition) is 1. The molecule has 0 bridgehead atoms. The highest BCUT2D eigenvalue weighted by molar-refractivity contribution is 6.74. The Balaban J connectivity index is 2.25. The van der Waals surface area contributed by atoms with Crippen LogP contribution in [0.5, 0.6) is 5.75 Å². The van der Waals surface area contributed by atoms with Crippen LogP contribution in [0.4, 0.5) is 15.8 Å². The Morgan fingerprint density at radius 1 is 1.20 bits per heavy atom. The third-order valence-electron chi connectivity index (χ3n) is 5.04. The third kappa shape index (κ3) is 3.88. The van der Waals surface area contributed by atoms with Crippen molar-refractivity contribution in [3.8, 4) is 11.8 Å². The monoisotopic (exact) mass is 359 g/mol. The number of nitriles is 1. The molecule has 1 N–H and O–H groups in total. The van der Waals surface area contributed by atoms with Crippen molar-refractivity contribution >= 4 is 19.7 Å². The number of anilines is 2. The third-order valence-corrected chi connectivity index (χ3v) is 9.40. The summed E-state index contributed by atoms with van der Waals surface area (Å²) in [5.74, 6) is 0.176. The fourth-order valence-electron chi connectivity index (χ4n) is 2.19. The zero-order chi connectivity index (χ0) is 19.0. The Labute approximate surface area is 150 Å². The Hall–Kier alpha value is -2.26. The van der Waals surface area contributed by atoms with E-state index in [0.29, 0.717) is 17.1 Å². The fraction of sp³-hybridized carbons (Fsp3) is 0.421. The molecule has 1 aromatic heterocycles. The van der Waals surface area contributed by atoms with Gasteiger partial charge >= 0.3 is 0 Å². The summed E-state index contributed by atoms with van der Waals surface area (Å²) in [6.07, 6.45) is 0. The van der Waals surface area contributed by atoms with E-state index in [-0.39, 0.29) is 10.9 Å². The van der Waals surface area contributed by atoms with Gasteiger partial charge in [0.05, 0.1) is 11.4 Å². The van der Waals surface area contributed by atoms with Gasteiger partial charge in [0.1, 0.15) is 23.3 Å². The van der Waals surface area contributed by atoms with Gasteiger partial charge in [-0.1, -0.05) is 20.8 Å². The Morgan fingerprint density at radius 2 is 1.84 bits per heavy atom. The molecule has 1 heterocycles. The number of benzene rings is 1. The van der Waals surface area contributed by atoms with Gasteiger partial charge in [0.25, 0.3) is 0 Å². The van der Waals surface area contributed by atoms with E-state index in [4.69, 9.17) is 9.69 Å². The highest BCUT2D eigenvalue weighted by Crippen LogP contribution is 2.38. The van der Waals surface area contributed by atoms with Gasteiger partial charge in [-0.3, -0.25) is 0 Å². The van der Waals surface area contributed by atoms with Crippen molar-refractivity contribution in [2.24, 2.45) is 7.05 Å². The molecule has 0 atom stereocenters. The molecule has 0 radical (unpaired) electrons. The molecule has 0 aliphatic heterocycles. The van der Waals surface area contributed by atoms with E-state index in [1.165, 1.54) is 6.07 Å². The maximum Gasteiger partial charge on any atom is 0.250 e. The van der Waals surface area contributed by atoms with Crippen LogP contribution < -0.4 is 9.74 Å². The van der Waals surface area contributed by atoms with Crippen molar-refractivity contribution in [3.05, 3.63) is 41.5 Å². The van der Waals surface area contributed by atoms with Gasteiger partial charge < -0.3 is 14.3 Å². The van der Waals surface area contributed by atoms with Crippen molar-refractivity contribution in [1.29, 1.82) is 5.26 Å². The quantitative estimate of drug-likeness (QED) is 0.736. The first-order chi connectivity index (χ1) is 11.5. The molecule has 0 saturated carbocycles. The van der Waals surface area contributed by atoms with Crippen LogP contribution in [0.2, 0.25) is 18.1 Å². The minimum absolute atomic E-state index is 0.0508. The number of rotatable bonds is 4. The summed E-state index contributed by atoms with van der Waals surface area (Å²) in [6.45, 7) is 12.6. The van der Waals surface area contributed by atoms with Crippen molar-refractivity contribution < 1.29 is 8.82 Å². The molecule has 0 aliphatic rings. The molecule has 134 valence electrons. The molecular weight excluding hydrogens is 333 g/mol. The van der Waals surface area contributed by atoms with Gasteiger partial charge in [0.2, 0.25) is 8.32 Å². The van der Waals surface area contributed by atoms with Crippen molar-refractivity contribution in [2.45, 2.75) is 45.8 Å². The molecule has 4 nitrogen and oxygen atoms in total. The molecule has 25 heavy (non-hydrogen) atoms. The van der Waals surface area contributed by atoms with E-state index in [0.717, 1.165) is 11.4 Å². The normalized spacial score (nSPS) is 12.0. The zero-order valence-corrected chi connectivity index (χ0v) is 17.0. The van der Waals surface area contributed by atoms with E-state index in [9.17, 15) is 4.39 Å². The first kappa shape index (κ1) is 19.1. The maximum atomic E-state index is 14.5. The topological polar surface area (TPSA) is 50.0 Å². The number of aromatic nitrogens is 1. The molecule has 0 fully saturated rings. The first-order valence-corrected chi connectivity index (χ1v) is 11.2. The molecule has 0 aliphatic carbocycles. The Bertz CT molecular complexity index is 828. The lowest BCUT2D eigenvalue weighted by Gasteiger charge is -2.36. The van der Waals surface area contributed by atoms with Crippen LogP contribution in [0.25, 0.3) is 0 Å². The van der Waals surface area contributed by atoms with Gasteiger partial charge in [0, 0.05) is 18.8 Å². The first-order valence-electron chi connectivity index (χ1n) is 8.28. The minimum atomic E-state index is -2.00. The number of nitrogens with one attached hydrogen (secondary N) is 1. The van der Waals surface area contributed by atoms with Gasteiger partial charge in [-0.05, 0) is 43.3 Å². The standard InChI is InChI=1S/C19H26FN3OSi/c1-13-18(10-14(12-21)23(13)5)22-17-9-8-15(11-16(17)20)24-25(6,7)19(2,3)4/h8-11,22H,1-7H3. The van der Waals surface area contributed by atoms with Crippen LogP contribution in [-0.2, 0) is 7.05 Å². The average molecular weight is 360 g/mol. The van der Waals surface area contributed by atoms with Gasteiger partial charge in [-0.2, -0.15) is 5.26 Å². The minimum Gasteiger partial charge on any atom is -0.543 e. The summed E-state index contributed by atoms with van der Waals surface area (Å²) in [7, 11) is -0.194. The van der Waals surface area contributed by atoms with E-state index in [2.05, 4.69) is 45.3 Å². The lowest BCUT2D eigenvalue weighted by Crippen LogP contribution is -2.43. The van der Waals surface area contributed by atoms with Gasteiger partial charge in [-0.25, -0.2) is 4.39 Å². The second-order valence-corrected chi connectivity index (χ2v) is 12.6. The zero-order valence-electron chi connectivity index (χ0n) is 16.0. The van der Waals surface area contributed by atoms with Crippen molar-refractivity contribution in [2.75, 3.05) is 5.32 Å².